The van der Waals surface area contributed by atoms with Crippen LogP contribution in [-0.2, 0) is 20.0 Å². The molecule has 0 heterocycles. The molecule has 3 N–H and O–H groups in total. The molecular weight excluding hydrogens is 376 g/mol. The number of hydrogen-bond acceptors (Lipinski definition) is 5. The number of nitrogens with one attached hydrogen (secondary N) is 1. The zero-order valence-corrected chi connectivity index (χ0v) is 15.4. The summed E-state index contributed by atoms with van der Waals surface area (Å²) in [6, 6.07) is 11.0. The number of amides is 1. The lowest BCUT2D eigenvalue weighted by Gasteiger charge is -2.11. The Hall–Kier alpha value is -2.67. The topological polar surface area (TPSA) is 123 Å². The van der Waals surface area contributed by atoms with Crippen LogP contribution >= 0.6 is 0 Å². The molecule has 0 radical (unpaired) electrons. The van der Waals surface area contributed by atoms with Gasteiger partial charge in [0.25, 0.3) is 15.9 Å². The first-order valence-corrected chi connectivity index (χ1v) is 10.5. The summed E-state index contributed by atoms with van der Waals surface area (Å²) in [7, 11) is -8.76. The van der Waals surface area contributed by atoms with Gasteiger partial charge in [0.15, 0.2) is 0 Å². The van der Waals surface area contributed by atoms with Crippen LogP contribution in [0.3, 0.4) is 0 Å². The van der Waals surface area contributed by atoms with E-state index in [1.807, 2.05) is 11.6 Å². The molecule has 9 heteroatoms. The van der Waals surface area contributed by atoms with E-state index >= 15 is 0 Å². The molecule has 0 aliphatic carbocycles. The van der Waals surface area contributed by atoms with Crippen molar-refractivity contribution in [2.75, 3.05) is 0 Å². The fourth-order valence-corrected chi connectivity index (χ4v) is 4.46. The fraction of sp³-hybridized carbons (Fsp3) is 0.118. The highest BCUT2D eigenvalue weighted by Crippen LogP contribution is 2.19. The normalized spacial score (nSPS) is 11.3. The number of sulfonamides is 2. The van der Waals surface area contributed by atoms with Crippen LogP contribution in [0.5, 0.6) is 0 Å². The lowest BCUT2D eigenvalue weighted by Crippen LogP contribution is -2.32. The van der Waals surface area contributed by atoms with Crippen LogP contribution in [0.2, 0.25) is 0 Å². The molecule has 2 rings (SSSR count). The van der Waals surface area contributed by atoms with E-state index in [4.69, 9.17) is 5.14 Å². The molecular formula is C17H16N2O5S2. The van der Waals surface area contributed by atoms with Crippen LogP contribution in [0.15, 0.2) is 58.3 Å². The van der Waals surface area contributed by atoms with Crippen molar-refractivity contribution >= 4 is 26.0 Å². The molecule has 0 saturated heterocycles. The van der Waals surface area contributed by atoms with Gasteiger partial charge in [-0.1, -0.05) is 43.0 Å². The molecule has 0 bridgehead atoms. The smallest absolute Gasteiger partial charge is 0.266 e. The van der Waals surface area contributed by atoms with E-state index in [1.54, 1.807) is 18.2 Å². The SMILES string of the molecule is CCC#Cc1ccccc1C(=O)NS(=O)(=O)c1ccccc1S(N)(=O)=O. The standard InChI is InChI=1S/C17H16N2O5S2/c1-2-3-8-13-9-4-5-10-14(13)17(20)19-26(23,24)16-12-7-6-11-15(16)25(18,21)22/h4-7,9-12H,2H2,1H3,(H,19,20)(H2,18,21,22). The number of carbonyl (C=O) groups is 1. The zero-order chi connectivity index (χ0) is 19.4. The molecule has 7 nitrogen and oxygen atoms in total. The lowest BCUT2D eigenvalue weighted by atomic mass is 10.1. The molecule has 0 saturated carbocycles. The Morgan fingerprint density at radius 1 is 1.00 bits per heavy atom. The van der Waals surface area contributed by atoms with Gasteiger partial charge >= 0.3 is 0 Å². The van der Waals surface area contributed by atoms with Crippen molar-refractivity contribution in [3.63, 3.8) is 0 Å². The Labute approximate surface area is 152 Å². The Balaban J connectivity index is 2.45. The summed E-state index contributed by atoms with van der Waals surface area (Å²) in [4.78, 5) is 11.2. The minimum atomic E-state index is -4.47. The van der Waals surface area contributed by atoms with E-state index in [2.05, 4.69) is 11.8 Å². The van der Waals surface area contributed by atoms with E-state index in [-0.39, 0.29) is 5.56 Å². The summed E-state index contributed by atoms with van der Waals surface area (Å²) in [5, 5.41) is 5.05. The number of carbonyl (C=O) groups excluding carboxylic acids is 1. The Morgan fingerprint density at radius 2 is 1.58 bits per heavy atom. The Morgan fingerprint density at radius 3 is 2.19 bits per heavy atom. The van der Waals surface area contributed by atoms with Gasteiger partial charge in [-0.3, -0.25) is 4.79 Å². The summed E-state index contributed by atoms with van der Waals surface area (Å²) in [6.45, 7) is 1.84. The van der Waals surface area contributed by atoms with Crippen LogP contribution < -0.4 is 9.86 Å². The van der Waals surface area contributed by atoms with E-state index in [9.17, 15) is 21.6 Å². The Bertz CT molecular complexity index is 1110. The number of hydrogen-bond donors (Lipinski definition) is 2. The van der Waals surface area contributed by atoms with Gasteiger partial charge in [-0.15, -0.1) is 0 Å². The lowest BCUT2D eigenvalue weighted by molar-refractivity contribution is 0.0981. The molecule has 1 amide bonds. The molecule has 2 aromatic rings. The average Bonchev–Trinajstić information content (AvgIpc) is 2.59. The highest BCUT2D eigenvalue weighted by Gasteiger charge is 2.26. The second-order valence-electron chi connectivity index (χ2n) is 5.13. The second-order valence-corrected chi connectivity index (χ2v) is 8.31. The van der Waals surface area contributed by atoms with E-state index in [0.717, 1.165) is 12.1 Å². The molecule has 26 heavy (non-hydrogen) atoms. The van der Waals surface area contributed by atoms with Crippen LogP contribution in [0, 0.1) is 11.8 Å². The Kier molecular flexibility index (Phi) is 5.82. The number of benzene rings is 2. The molecule has 0 aliphatic rings. The average molecular weight is 392 g/mol. The highest BCUT2D eigenvalue weighted by atomic mass is 32.2. The molecule has 0 spiro atoms. The molecule has 0 aromatic heterocycles. The van der Waals surface area contributed by atoms with Gasteiger partial charge in [0.1, 0.15) is 9.79 Å². The maximum absolute atomic E-state index is 12.5. The monoisotopic (exact) mass is 392 g/mol. The van der Waals surface area contributed by atoms with Crippen molar-refractivity contribution in [3.05, 3.63) is 59.7 Å². The van der Waals surface area contributed by atoms with Crippen LogP contribution in [0.25, 0.3) is 0 Å². The van der Waals surface area contributed by atoms with Gasteiger partial charge < -0.3 is 0 Å². The van der Waals surface area contributed by atoms with Crippen molar-refractivity contribution in [2.45, 2.75) is 23.1 Å². The molecule has 0 aliphatic heterocycles. The third-order valence-electron chi connectivity index (χ3n) is 3.24. The summed E-state index contributed by atoms with van der Waals surface area (Å²) in [5.41, 5.74) is 0.423. The van der Waals surface area contributed by atoms with Crippen molar-refractivity contribution < 1.29 is 21.6 Å². The predicted octanol–water partition coefficient (Wildman–Crippen LogP) is 1.21. The number of primary sulfonamides is 1. The van der Waals surface area contributed by atoms with Gasteiger partial charge in [0.05, 0.1) is 5.56 Å². The molecule has 0 atom stereocenters. The summed E-state index contributed by atoms with van der Waals surface area (Å²) < 4.78 is 50.1. The first-order valence-electron chi connectivity index (χ1n) is 7.43. The summed E-state index contributed by atoms with van der Waals surface area (Å²) in [5.74, 6) is 4.67. The fourth-order valence-electron chi connectivity index (χ4n) is 2.11. The first kappa shape index (κ1) is 19.7. The number of nitrogens with two attached hydrogens (primary N) is 1. The first-order chi connectivity index (χ1) is 12.2. The van der Waals surface area contributed by atoms with Gasteiger partial charge in [-0.25, -0.2) is 26.7 Å². The maximum atomic E-state index is 12.5. The van der Waals surface area contributed by atoms with Crippen molar-refractivity contribution in [1.29, 1.82) is 0 Å². The van der Waals surface area contributed by atoms with Crippen molar-refractivity contribution in [3.8, 4) is 11.8 Å². The quantitative estimate of drug-likeness (QED) is 0.757. The third kappa shape index (κ3) is 4.49. The minimum Gasteiger partial charge on any atom is -0.268 e. The van der Waals surface area contributed by atoms with Crippen molar-refractivity contribution in [1.82, 2.24) is 4.72 Å². The van der Waals surface area contributed by atoms with Gasteiger partial charge in [0.2, 0.25) is 10.0 Å². The van der Waals surface area contributed by atoms with Gasteiger partial charge in [-0.2, -0.15) is 0 Å². The maximum Gasteiger partial charge on any atom is 0.266 e. The van der Waals surface area contributed by atoms with E-state index < -0.39 is 35.7 Å². The molecule has 0 unspecified atom stereocenters. The summed E-state index contributed by atoms with van der Waals surface area (Å²) >= 11 is 0. The van der Waals surface area contributed by atoms with Crippen LogP contribution in [-0.4, -0.2) is 22.7 Å². The van der Waals surface area contributed by atoms with Crippen LogP contribution in [0.1, 0.15) is 29.3 Å². The van der Waals surface area contributed by atoms with Crippen LogP contribution in [0.4, 0.5) is 0 Å². The largest absolute Gasteiger partial charge is 0.268 e. The van der Waals surface area contributed by atoms with E-state index in [0.29, 0.717) is 12.0 Å². The zero-order valence-electron chi connectivity index (χ0n) is 13.8. The molecule has 136 valence electrons. The third-order valence-corrected chi connectivity index (χ3v) is 5.73. The molecule has 2 aromatic carbocycles. The minimum absolute atomic E-state index is 0.0603. The van der Waals surface area contributed by atoms with Crippen molar-refractivity contribution in [2.24, 2.45) is 5.14 Å². The van der Waals surface area contributed by atoms with Gasteiger partial charge in [-0.05, 0) is 24.3 Å². The summed E-state index contributed by atoms with van der Waals surface area (Å²) in [6.07, 6.45) is 0.565. The molecule has 0 fully saturated rings. The van der Waals surface area contributed by atoms with Gasteiger partial charge in [0, 0.05) is 12.0 Å². The second kappa shape index (κ2) is 7.70. The van der Waals surface area contributed by atoms with E-state index in [1.165, 1.54) is 18.2 Å². The number of rotatable bonds is 4. The highest BCUT2D eigenvalue weighted by molar-refractivity contribution is 7.92. The predicted molar refractivity (Wildman–Crippen MR) is 96.1 cm³/mol.